The molecule has 0 spiro atoms. The quantitative estimate of drug-likeness (QED) is 0.622. The summed E-state index contributed by atoms with van der Waals surface area (Å²) in [6.07, 6.45) is 6.79. The second kappa shape index (κ2) is 5.82. The molecular formula is C16H12N6OS. The first-order chi connectivity index (χ1) is 11.7. The number of carbonyl (C=O) groups excluding carboxylic acids is 1. The van der Waals surface area contributed by atoms with Crippen molar-refractivity contribution in [1.82, 2.24) is 24.3 Å². The van der Waals surface area contributed by atoms with Crippen molar-refractivity contribution in [1.29, 1.82) is 0 Å². The van der Waals surface area contributed by atoms with E-state index in [9.17, 15) is 4.79 Å². The van der Waals surface area contributed by atoms with Crippen LogP contribution in [-0.4, -0.2) is 30.2 Å². The molecule has 7 nitrogen and oxygen atoms in total. The number of nitrogens with one attached hydrogen (secondary N) is 1. The number of aryl methyl sites for hydroxylation is 1. The maximum Gasteiger partial charge on any atom is 0.277 e. The summed E-state index contributed by atoms with van der Waals surface area (Å²) in [5.74, 6) is 0.161. The molecular weight excluding hydrogens is 324 g/mol. The molecule has 0 radical (unpaired) electrons. The number of carbonyl (C=O) groups is 1. The molecule has 1 N–H and O–H groups in total. The largest absolute Gasteiger partial charge is 0.296 e. The molecule has 0 fully saturated rings. The summed E-state index contributed by atoms with van der Waals surface area (Å²) in [7, 11) is 0. The lowest BCUT2D eigenvalue weighted by Crippen LogP contribution is -2.12. The minimum absolute atomic E-state index is 0.293. The SMILES string of the molecule is Cc1nc(NC(=O)c2cn3cccnc3n2)sc1-c1ccccn1. The summed E-state index contributed by atoms with van der Waals surface area (Å²) in [6.45, 7) is 1.89. The summed E-state index contributed by atoms with van der Waals surface area (Å²) >= 11 is 1.39. The smallest absolute Gasteiger partial charge is 0.277 e. The lowest BCUT2D eigenvalue weighted by Gasteiger charge is -1.97. The highest BCUT2D eigenvalue weighted by atomic mass is 32.1. The van der Waals surface area contributed by atoms with Crippen LogP contribution in [-0.2, 0) is 0 Å². The van der Waals surface area contributed by atoms with E-state index in [1.165, 1.54) is 11.3 Å². The fourth-order valence-electron chi connectivity index (χ4n) is 2.29. The van der Waals surface area contributed by atoms with E-state index >= 15 is 0 Å². The van der Waals surface area contributed by atoms with Crippen molar-refractivity contribution >= 4 is 28.2 Å². The van der Waals surface area contributed by atoms with E-state index in [1.54, 1.807) is 35.3 Å². The Morgan fingerprint density at radius 1 is 1.17 bits per heavy atom. The standard InChI is InChI=1S/C16H12N6OS/c1-10-13(11-5-2-3-6-17-11)24-16(19-10)21-14(23)12-9-22-8-4-7-18-15(22)20-12/h2-9H,1H3,(H,19,21,23). The van der Waals surface area contributed by atoms with Gasteiger partial charge in [0.25, 0.3) is 5.91 Å². The Hall–Kier alpha value is -3.13. The van der Waals surface area contributed by atoms with Crippen molar-refractivity contribution < 1.29 is 4.79 Å². The molecule has 0 aromatic carbocycles. The average molecular weight is 336 g/mol. The molecule has 118 valence electrons. The van der Waals surface area contributed by atoms with E-state index in [0.717, 1.165) is 16.3 Å². The third kappa shape index (κ3) is 2.63. The zero-order valence-corrected chi connectivity index (χ0v) is 13.5. The lowest BCUT2D eigenvalue weighted by atomic mass is 10.3. The number of rotatable bonds is 3. The highest BCUT2D eigenvalue weighted by Gasteiger charge is 2.16. The van der Waals surface area contributed by atoms with Crippen LogP contribution in [0.3, 0.4) is 0 Å². The molecule has 0 aliphatic heterocycles. The number of pyridine rings is 1. The van der Waals surface area contributed by atoms with Crippen molar-refractivity contribution in [2.75, 3.05) is 5.32 Å². The number of imidazole rings is 1. The monoisotopic (exact) mass is 336 g/mol. The van der Waals surface area contributed by atoms with Gasteiger partial charge in [0.1, 0.15) is 5.69 Å². The molecule has 0 aliphatic carbocycles. The minimum atomic E-state index is -0.318. The van der Waals surface area contributed by atoms with Crippen LogP contribution in [0.15, 0.2) is 49.1 Å². The van der Waals surface area contributed by atoms with Crippen molar-refractivity contribution in [3.05, 3.63) is 60.4 Å². The van der Waals surface area contributed by atoms with Crippen LogP contribution in [0.5, 0.6) is 0 Å². The predicted octanol–water partition coefficient (Wildman–Crippen LogP) is 2.81. The first-order valence-electron chi connectivity index (χ1n) is 7.20. The number of hydrogen-bond acceptors (Lipinski definition) is 6. The number of fused-ring (bicyclic) bond motifs is 1. The number of anilines is 1. The van der Waals surface area contributed by atoms with Crippen LogP contribution in [0, 0.1) is 6.92 Å². The van der Waals surface area contributed by atoms with Gasteiger partial charge < -0.3 is 0 Å². The summed E-state index contributed by atoms with van der Waals surface area (Å²) in [4.78, 5) is 30.3. The zero-order chi connectivity index (χ0) is 16.5. The first kappa shape index (κ1) is 14.5. The molecule has 8 heteroatoms. The van der Waals surface area contributed by atoms with Gasteiger partial charge in [-0.05, 0) is 25.1 Å². The van der Waals surface area contributed by atoms with Crippen molar-refractivity contribution in [3.63, 3.8) is 0 Å². The van der Waals surface area contributed by atoms with Gasteiger partial charge in [-0.25, -0.2) is 15.0 Å². The third-order valence-corrected chi connectivity index (χ3v) is 4.48. The molecule has 1 amide bonds. The van der Waals surface area contributed by atoms with Gasteiger partial charge in [0, 0.05) is 24.8 Å². The van der Waals surface area contributed by atoms with E-state index < -0.39 is 0 Å². The number of hydrogen-bond donors (Lipinski definition) is 1. The molecule has 0 saturated carbocycles. The Morgan fingerprint density at radius 2 is 2.04 bits per heavy atom. The van der Waals surface area contributed by atoms with Gasteiger partial charge in [0.05, 0.1) is 16.3 Å². The Labute approximate surface area is 141 Å². The molecule has 4 aromatic heterocycles. The van der Waals surface area contributed by atoms with Gasteiger partial charge in [-0.1, -0.05) is 17.4 Å². The summed E-state index contributed by atoms with van der Waals surface area (Å²) in [6, 6.07) is 7.48. The molecule has 0 unspecified atom stereocenters. The van der Waals surface area contributed by atoms with Gasteiger partial charge in [-0.15, -0.1) is 0 Å². The van der Waals surface area contributed by atoms with Crippen LogP contribution in [0.4, 0.5) is 5.13 Å². The van der Waals surface area contributed by atoms with Gasteiger partial charge in [0.15, 0.2) is 5.13 Å². The van der Waals surface area contributed by atoms with E-state index in [1.807, 2.05) is 25.1 Å². The van der Waals surface area contributed by atoms with Crippen molar-refractivity contribution in [2.24, 2.45) is 0 Å². The van der Waals surface area contributed by atoms with Crippen molar-refractivity contribution in [3.8, 4) is 10.6 Å². The van der Waals surface area contributed by atoms with Crippen LogP contribution in [0.2, 0.25) is 0 Å². The fraction of sp³-hybridized carbons (Fsp3) is 0.0625. The molecule has 4 heterocycles. The summed E-state index contributed by atoms with van der Waals surface area (Å²) < 4.78 is 1.70. The van der Waals surface area contributed by atoms with Gasteiger partial charge in [-0.3, -0.25) is 19.5 Å². The van der Waals surface area contributed by atoms with Gasteiger partial charge in [0.2, 0.25) is 5.78 Å². The van der Waals surface area contributed by atoms with Crippen LogP contribution < -0.4 is 5.32 Å². The maximum atomic E-state index is 12.4. The Balaban J connectivity index is 1.60. The Morgan fingerprint density at radius 3 is 2.83 bits per heavy atom. The van der Waals surface area contributed by atoms with Crippen LogP contribution in [0.25, 0.3) is 16.3 Å². The highest BCUT2D eigenvalue weighted by Crippen LogP contribution is 2.31. The summed E-state index contributed by atoms with van der Waals surface area (Å²) in [5, 5.41) is 3.30. The lowest BCUT2D eigenvalue weighted by molar-refractivity contribution is 0.102. The average Bonchev–Trinajstić information content (AvgIpc) is 3.19. The molecule has 0 aliphatic rings. The van der Waals surface area contributed by atoms with E-state index in [0.29, 0.717) is 16.6 Å². The fourth-order valence-corrected chi connectivity index (χ4v) is 3.22. The van der Waals surface area contributed by atoms with Gasteiger partial charge >= 0.3 is 0 Å². The van der Waals surface area contributed by atoms with Crippen LogP contribution in [0.1, 0.15) is 16.2 Å². The molecule has 4 aromatic rings. The van der Waals surface area contributed by atoms with Crippen molar-refractivity contribution in [2.45, 2.75) is 6.92 Å². The molecule has 0 atom stereocenters. The normalized spacial score (nSPS) is 10.9. The Kier molecular flexibility index (Phi) is 3.51. The Bertz CT molecular complexity index is 990. The van der Waals surface area contributed by atoms with E-state index in [-0.39, 0.29) is 5.91 Å². The van der Waals surface area contributed by atoms with E-state index in [2.05, 4.69) is 25.3 Å². The first-order valence-corrected chi connectivity index (χ1v) is 8.02. The second-order valence-electron chi connectivity index (χ2n) is 5.06. The third-order valence-electron chi connectivity index (χ3n) is 3.38. The van der Waals surface area contributed by atoms with Gasteiger partial charge in [-0.2, -0.15) is 0 Å². The zero-order valence-electron chi connectivity index (χ0n) is 12.7. The molecule has 24 heavy (non-hydrogen) atoms. The predicted molar refractivity (Wildman–Crippen MR) is 91.0 cm³/mol. The number of amides is 1. The summed E-state index contributed by atoms with van der Waals surface area (Å²) in [5.41, 5.74) is 1.96. The number of aromatic nitrogens is 5. The number of nitrogens with zero attached hydrogens (tertiary/aromatic N) is 5. The minimum Gasteiger partial charge on any atom is -0.296 e. The number of thiazole rings is 1. The highest BCUT2D eigenvalue weighted by molar-refractivity contribution is 7.19. The topological polar surface area (TPSA) is 85.1 Å². The maximum absolute atomic E-state index is 12.4. The van der Waals surface area contributed by atoms with Crippen LogP contribution >= 0.6 is 11.3 Å². The second-order valence-corrected chi connectivity index (χ2v) is 6.05. The molecule has 4 rings (SSSR count). The van der Waals surface area contributed by atoms with E-state index in [4.69, 9.17) is 0 Å². The molecule has 0 saturated heterocycles. The molecule has 0 bridgehead atoms.